The van der Waals surface area contributed by atoms with Crippen LogP contribution in [0.4, 0.5) is 8.78 Å². The van der Waals surface area contributed by atoms with Crippen LogP contribution in [0.2, 0.25) is 0 Å². The fourth-order valence-corrected chi connectivity index (χ4v) is 2.62. The molecule has 1 radical (unpaired) electrons. The normalized spacial score (nSPS) is 11.6. The molecule has 0 fully saturated rings. The van der Waals surface area contributed by atoms with Crippen LogP contribution in [0.25, 0.3) is 11.1 Å². The Morgan fingerprint density at radius 1 is 1.21 bits per heavy atom. The van der Waals surface area contributed by atoms with Crippen LogP contribution < -0.4 is 5.14 Å². The van der Waals surface area contributed by atoms with Crippen LogP contribution in [0.3, 0.4) is 0 Å². The van der Waals surface area contributed by atoms with Crippen LogP contribution in [0, 0.1) is 24.6 Å². The Kier molecular flexibility index (Phi) is 3.38. The van der Waals surface area contributed by atoms with E-state index in [0.717, 1.165) is 6.07 Å². The van der Waals surface area contributed by atoms with Crippen LogP contribution in [0.1, 0.15) is 5.56 Å². The quantitative estimate of drug-likeness (QED) is 0.919. The first kappa shape index (κ1) is 13.6. The predicted octanol–water partition coefficient (Wildman–Crippen LogP) is 2.39. The Morgan fingerprint density at radius 2 is 1.89 bits per heavy atom. The summed E-state index contributed by atoms with van der Waals surface area (Å²) in [6, 6.07) is 8.37. The van der Waals surface area contributed by atoms with E-state index in [1.54, 1.807) is 13.0 Å². The SMILES string of the molecule is Cc1cc[c]c(S(N)(=O)=O)c1-c1ccc(F)cc1F. The monoisotopic (exact) mass is 282 g/mol. The lowest BCUT2D eigenvalue weighted by Crippen LogP contribution is -2.14. The van der Waals surface area contributed by atoms with Crippen LogP contribution in [0.5, 0.6) is 0 Å². The number of primary sulfonamides is 1. The number of halogens is 2. The Morgan fingerprint density at radius 3 is 2.47 bits per heavy atom. The van der Waals surface area contributed by atoms with Gasteiger partial charge in [-0.3, -0.25) is 0 Å². The van der Waals surface area contributed by atoms with E-state index in [1.165, 1.54) is 12.1 Å². The van der Waals surface area contributed by atoms with Gasteiger partial charge in [-0.1, -0.05) is 12.1 Å². The summed E-state index contributed by atoms with van der Waals surface area (Å²) >= 11 is 0. The van der Waals surface area contributed by atoms with Crippen molar-refractivity contribution < 1.29 is 17.2 Å². The zero-order chi connectivity index (χ0) is 14.2. The molecule has 0 bridgehead atoms. The van der Waals surface area contributed by atoms with E-state index >= 15 is 0 Å². The molecule has 3 nitrogen and oxygen atoms in total. The zero-order valence-electron chi connectivity index (χ0n) is 9.94. The average Bonchev–Trinajstić information content (AvgIpc) is 2.28. The number of hydrogen-bond acceptors (Lipinski definition) is 2. The second-order valence-electron chi connectivity index (χ2n) is 4.03. The highest BCUT2D eigenvalue weighted by atomic mass is 32.2. The minimum Gasteiger partial charge on any atom is -0.225 e. The van der Waals surface area contributed by atoms with Gasteiger partial charge in [-0.2, -0.15) is 0 Å². The third kappa shape index (κ3) is 2.64. The number of rotatable bonds is 2. The van der Waals surface area contributed by atoms with Crippen LogP contribution in [-0.4, -0.2) is 8.42 Å². The van der Waals surface area contributed by atoms with Crippen molar-refractivity contribution in [3.63, 3.8) is 0 Å². The van der Waals surface area contributed by atoms with Gasteiger partial charge in [0, 0.05) is 23.3 Å². The molecular weight excluding hydrogens is 272 g/mol. The summed E-state index contributed by atoms with van der Waals surface area (Å²) < 4.78 is 49.7. The van der Waals surface area contributed by atoms with E-state index < -0.39 is 21.7 Å². The lowest BCUT2D eigenvalue weighted by molar-refractivity contribution is 0.585. The topological polar surface area (TPSA) is 60.2 Å². The molecule has 19 heavy (non-hydrogen) atoms. The smallest absolute Gasteiger partial charge is 0.225 e. The molecule has 0 aliphatic carbocycles. The fourth-order valence-electron chi connectivity index (χ4n) is 1.83. The third-order valence-electron chi connectivity index (χ3n) is 2.65. The first-order chi connectivity index (χ1) is 8.80. The van der Waals surface area contributed by atoms with Gasteiger partial charge in [0.2, 0.25) is 10.0 Å². The molecule has 0 aliphatic rings. The number of sulfonamides is 1. The maximum atomic E-state index is 13.8. The van der Waals surface area contributed by atoms with Crippen molar-refractivity contribution in [2.24, 2.45) is 5.14 Å². The highest BCUT2D eigenvalue weighted by Gasteiger charge is 2.19. The van der Waals surface area contributed by atoms with Gasteiger partial charge in [0.1, 0.15) is 11.6 Å². The molecule has 2 N–H and O–H groups in total. The Hall–Kier alpha value is -1.79. The van der Waals surface area contributed by atoms with Gasteiger partial charge in [0.25, 0.3) is 0 Å². The molecule has 0 saturated heterocycles. The second kappa shape index (κ2) is 4.71. The zero-order valence-corrected chi connectivity index (χ0v) is 10.8. The van der Waals surface area contributed by atoms with Gasteiger partial charge in [-0.05, 0) is 24.6 Å². The number of hydrogen-bond donors (Lipinski definition) is 1. The van der Waals surface area contributed by atoms with Crippen molar-refractivity contribution >= 4 is 10.0 Å². The summed E-state index contributed by atoms with van der Waals surface area (Å²) in [4.78, 5) is -0.307. The predicted molar refractivity (Wildman–Crippen MR) is 66.7 cm³/mol. The molecule has 0 unspecified atom stereocenters. The molecule has 99 valence electrons. The van der Waals surface area contributed by atoms with Crippen molar-refractivity contribution in [2.75, 3.05) is 0 Å². The van der Waals surface area contributed by atoms with Gasteiger partial charge in [-0.25, -0.2) is 22.3 Å². The van der Waals surface area contributed by atoms with Crippen LogP contribution in [0.15, 0.2) is 35.2 Å². The number of nitrogens with two attached hydrogens (primary N) is 1. The highest BCUT2D eigenvalue weighted by Crippen LogP contribution is 2.31. The van der Waals surface area contributed by atoms with E-state index in [4.69, 9.17) is 5.14 Å². The summed E-state index contributed by atoms with van der Waals surface area (Å²) in [5.74, 6) is -1.59. The molecule has 0 spiro atoms. The van der Waals surface area contributed by atoms with Crippen molar-refractivity contribution in [1.29, 1.82) is 0 Å². The summed E-state index contributed by atoms with van der Waals surface area (Å²) in [5, 5.41) is 5.09. The van der Waals surface area contributed by atoms with E-state index in [9.17, 15) is 17.2 Å². The van der Waals surface area contributed by atoms with E-state index in [-0.39, 0.29) is 16.0 Å². The Labute approximate surface area is 109 Å². The van der Waals surface area contributed by atoms with Gasteiger partial charge in [0.05, 0.1) is 4.90 Å². The summed E-state index contributed by atoms with van der Waals surface area (Å²) in [5.41, 5.74) is 0.579. The largest absolute Gasteiger partial charge is 0.239 e. The van der Waals surface area contributed by atoms with Gasteiger partial charge < -0.3 is 0 Å². The molecule has 0 aromatic heterocycles. The van der Waals surface area contributed by atoms with E-state index in [1.807, 2.05) is 0 Å². The van der Waals surface area contributed by atoms with E-state index in [0.29, 0.717) is 11.6 Å². The van der Waals surface area contributed by atoms with E-state index in [2.05, 4.69) is 6.07 Å². The number of benzene rings is 2. The molecule has 0 aliphatic heterocycles. The van der Waals surface area contributed by atoms with Gasteiger partial charge in [-0.15, -0.1) is 0 Å². The maximum absolute atomic E-state index is 13.8. The fraction of sp³-hybridized carbons (Fsp3) is 0.0769. The Bertz CT molecular complexity index is 742. The van der Waals surface area contributed by atoms with Gasteiger partial charge >= 0.3 is 0 Å². The maximum Gasteiger partial charge on any atom is 0.239 e. The van der Waals surface area contributed by atoms with Crippen molar-refractivity contribution in [3.05, 3.63) is 53.6 Å². The second-order valence-corrected chi connectivity index (χ2v) is 5.53. The molecule has 0 heterocycles. The minimum absolute atomic E-state index is 0.0280. The molecule has 2 rings (SSSR count). The summed E-state index contributed by atoms with van der Waals surface area (Å²) in [7, 11) is -4.05. The summed E-state index contributed by atoms with van der Waals surface area (Å²) in [6.07, 6.45) is 0. The first-order valence-corrected chi connectivity index (χ1v) is 6.85. The lowest BCUT2D eigenvalue weighted by atomic mass is 10.00. The minimum atomic E-state index is -4.05. The molecule has 0 amide bonds. The molecule has 0 saturated carbocycles. The molecular formula is C13H10F2NO2S. The number of aryl methyl sites for hydroxylation is 1. The van der Waals surface area contributed by atoms with Crippen molar-refractivity contribution in [3.8, 4) is 11.1 Å². The van der Waals surface area contributed by atoms with Crippen molar-refractivity contribution in [2.45, 2.75) is 11.8 Å². The molecule has 0 atom stereocenters. The van der Waals surface area contributed by atoms with Crippen LogP contribution >= 0.6 is 0 Å². The molecule has 6 heteroatoms. The highest BCUT2D eigenvalue weighted by molar-refractivity contribution is 7.89. The lowest BCUT2D eigenvalue weighted by Gasteiger charge is -2.11. The molecule has 2 aromatic rings. The standard InChI is InChI=1S/C13H10F2NO2S/c1-8-3-2-4-12(19(16,17)18)13(8)10-6-5-9(14)7-11(10)15/h2-3,5-7H,1H3,(H2,16,17,18). The van der Waals surface area contributed by atoms with Gasteiger partial charge in [0.15, 0.2) is 0 Å². The van der Waals surface area contributed by atoms with Crippen LogP contribution in [-0.2, 0) is 10.0 Å². The first-order valence-electron chi connectivity index (χ1n) is 5.30. The summed E-state index contributed by atoms with van der Waals surface area (Å²) in [6.45, 7) is 1.61. The average molecular weight is 282 g/mol. The molecule has 2 aromatic carbocycles. The van der Waals surface area contributed by atoms with Crippen molar-refractivity contribution in [1.82, 2.24) is 0 Å². The third-order valence-corrected chi connectivity index (χ3v) is 3.55. The Balaban J connectivity index is 2.82.